The molecule has 0 radical (unpaired) electrons. The SMILES string of the molecule is c1coc(COCc2ccc(N(c3ccc(COCc4ccco4)cc3)c3ccc(COCc4ccco4)cc3)cc2)c1. The molecule has 3 aromatic carbocycles. The Bertz CT molecular complexity index is 1410. The smallest absolute Gasteiger partial charge is 0.129 e. The molecule has 3 heterocycles. The highest BCUT2D eigenvalue weighted by Crippen LogP contribution is 2.35. The Balaban J connectivity index is 1.15. The Morgan fingerprint density at radius 2 is 0.674 bits per heavy atom. The van der Waals surface area contributed by atoms with Gasteiger partial charge in [-0.1, -0.05) is 36.4 Å². The fourth-order valence-corrected chi connectivity index (χ4v) is 4.66. The van der Waals surface area contributed by atoms with Crippen molar-refractivity contribution in [2.24, 2.45) is 0 Å². The van der Waals surface area contributed by atoms with Gasteiger partial charge in [-0.3, -0.25) is 0 Å². The van der Waals surface area contributed by atoms with Crippen LogP contribution in [-0.4, -0.2) is 0 Å². The first kappa shape index (κ1) is 28.3. The molecule has 3 aromatic heterocycles. The van der Waals surface area contributed by atoms with Crippen LogP contribution in [0.2, 0.25) is 0 Å². The maximum absolute atomic E-state index is 5.83. The van der Waals surface area contributed by atoms with E-state index in [0.29, 0.717) is 39.6 Å². The lowest BCUT2D eigenvalue weighted by Crippen LogP contribution is -2.10. The number of anilines is 3. The normalized spacial score (nSPS) is 11.2. The zero-order valence-electron chi connectivity index (χ0n) is 23.8. The van der Waals surface area contributed by atoms with Gasteiger partial charge in [0.15, 0.2) is 0 Å². The fraction of sp³-hybridized carbons (Fsp3) is 0.167. The highest BCUT2D eigenvalue weighted by molar-refractivity contribution is 5.76. The zero-order valence-corrected chi connectivity index (χ0v) is 23.8. The van der Waals surface area contributed by atoms with Crippen LogP contribution in [0.15, 0.2) is 141 Å². The quantitative estimate of drug-likeness (QED) is 0.121. The van der Waals surface area contributed by atoms with Crippen molar-refractivity contribution in [3.63, 3.8) is 0 Å². The van der Waals surface area contributed by atoms with Gasteiger partial charge >= 0.3 is 0 Å². The number of ether oxygens (including phenoxy) is 3. The maximum Gasteiger partial charge on any atom is 0.129 e. The lowest BCUT2D eigenvalue weighted by atomic mass is 10.1. The molecule has 0 aliphatic rings. The van der Waals surface area contributed by atoms with E-state index in [1.165, 1.54) is 0 Å². The van der Waals surface area contributed by atoms with Crippen molar-refractivity contribution in [3.05, 3.63) is 162 Å². The number of rotatable bonds is 15. The van der Waals surface area contributed by atoms with E-state index in [0.717, 1.165) is 51.0 Å². The molecule has 43 heavy (non-hydrogen) atoms. The first-order chi connectivity index (χ1) is 21.3. The van der Waals surface area contributed by atoms with Crippen molar-refractivity contribution in [1.82, 2.24) is 0 Å². The highest BCUT2D eigenvalue weighted by Gasteiger charge is 2.13. The molecule has 6 aromatic rings. The minimum absolute atomic E-state index is 0.441. The topological polar surface area (TPSA) is 70.4 Å². The summed E-state index contributed by atoms with van der Waals surface area (Å²) in [6.07, 6.45) is 4.97. The number of benzene rings is 3. The molecule has 0 atom stereocenters. The van der Waals surface area contributed by atoms with E-state index in [-0.39, 0.29) is 0 Å². The highest BCUT2D eigenvalue weighted by atomic mass is 16.5. The van der Waals surface area contributed by atoms with E-state index >= 15 is 0 Å². The summed E-state index contributed by atoms with van der Waals surface area (Å²) in [7, 11) is 0. The molecule has 0 fully saturated rings. The number of hydrogen-bond acceptors (Lipinski definition) is 7. The minimum Gasteiger partial charge on any atom is -0.467 e. The number of furan rings is 3. The Hall–Kier alpha value is -4.82. The van der Waals surface area contributed by atoms with Crippen molar-refractivity contribution in [2.45, 2.75) is 39.6 Å². The van der Waals surface area contributed by atoms with Crippen LogP contribution in [0.5, 0.6) is 0 Å². The van der Waals surface area contributed by atoms with Crippen LogP contribution in [0.4, 0.5) is 17.1 Å². The van der Waals surface area contributed by atoms with Gasteiger partial charge in [0.25, 0.3) is 0 Å². The first-order valence-corrected chi connectivity index (χ1v) is 14.2. The van der Waals surface area contributed by atoms with Gasteiger partial charge in [-0.2, -0.15) is 0 Å². The minimum atomic E-state index is 0.441. The van der Waals surface area contributed by atoms with Gasteiger partial charge in [0, 0.05) is 17.1 Å². The molecule has 0 bridgehead atoms. The molecule has 6 rings (SSSR count). The summed E-state index contributed by atoms with van der Waals surface area (Å²) in [6.45, 7) is 2.82. The average Bonchev–Trinajstić information content (AvgIpc) is 3.85. The molecule has 218 valence electrons. The Morgan fingerprint density at radius 3 is 0.930 bits per heavy atom. The van der Waals surface area contributed by atoms with Gasteiger partial charge in [0.1, 0.15) is 37.1 Å². The summed E-state index contributed by atoms with van der Waals surface area (Å²) in [6, 6.07) is 36.6. The predicted molar refractivity (Wildman–Crippen MR) is 163 cm³/mol. The third-order valence-electron chi connectivity index (χ3n) is 6.86. The first-order valence-electron chi connectivity index (χ1n) is 14.2. The molecule has 0 unspecified atom stereocenters. The van der Waals surface area contributed by atoms with Gasteiger partial charge in [0.05, 0.1) is 38.6 Å². The fourth-order valence-electron chi connectivity index (χ4n) is 4.66. The van der Waals surface area contributed by atoms with Gasteiger partial charge in [-0.05, 0) is 89.5 Å². The van der Waals surface area contributed by atoms with Crippen LogP contribution in [0.25, 0.3) is 0 Å². The monoisotopic (exact) mass is 575 g/mol. The molecule has 0 amide bonds. The van der Waals surface area contributed by atoms with Gasteiger partial charge in [0.2, 0.25) is 0 Å². The molecule has 0 aliphatic carbocycles. The zero-order chi connectivity index (χ0) is 29.1. The van der Waals surface area contributed by atoms with E-state index in [2.05, 4.69) is 77.7 Å². The molecule has 0 saturated carbocycles. The summed E-state index contributed by atoms with van der Waals surface area (Å²) in [5.74, 6) is 2.44. The molecule has 0 spiro atoms. The van der Waals surface area contributed by atoms with Crippen LogP contribution in [-0.2, 0) is 53.9 Å². The van der Waals surface area contributed by atoms with E-state index in [9.17, 15) is 0 Å². The molecule has 7 nitrogen and oxygen atoms in total. The van der Waals surface area contributed by atoms with Crippen LogP contribution in [0, 0.1) is 0 Å². The van der Waals surface area contributed by atoms with Crippen LogP contribution >= 0.6 is 0 Å². The second kappa shape index (κ2) is 14.4. The molecular formula is C36H33NO6. The molecule has 7 heteroatoms. The Kier molecular flexibility index (Phi) is 9.46. The van der Waals surface area contributed by atoms with Crippen molar-refractivity contribution in [3.8, 4) is 0 Å². The third kappa shape index (κ3) is 7.93. The van der Waals surface area contributed by atoms with Gasteiger partial charge < -0.3 is 32.4 Å². The standard InChI is InChI=1S/C36H33NO6/c1-4-34(41-19-1)25-38-22-28-7-13-31(14-8-28)37(32-15-9-29(10-16-32)23-39-26-35-5-2-20-42-35)33-17-11-30(12-18-33)24-40-27-36-6-3-21-43-36/h1-21H,22-27H2. The van der Waals surface area contributed by atoms with Crippen molar-refractivity contribution < 1.29 is 27.5 Å². The summed E-state index contributed by atoms with van der Waals surface area (Å²) in [5.41, 5.74) is 6.38. The Morgan fingerprint density at radius 1 is 0.372 bits per heavy atom. The number of hydrogen-bond donors (Lipinski definition) is 0. The molecule has 0 aliphatic heterocycles. The van der Waals surface area contributed by atoms with E-state index in [1.807, 2.05) is 36.4 Å². The Labute approximate surface area is 250 Å². The second-order valence-electron chi connectivity index (χ2n) is 10.1. The summed E-state index contributed by atoms with van der Waals surface area (Å²) in [5, 5.41) is 0. The lowest BCUT2D eigenvalue weighted by molar-refractivity contribution is 0.0929. The van der Waals surface area contributed by atoms with E-state index in [1.54, 1.807) is 18.8 Å². The summed E-state index contributed by atoms with van der Waals surface area (Å²) >= 11 is 0. The lowest BCUT2D eigenvalue weighted by Gasteiger charge is -2.26. The second-order valence-corrected chi connectivity index (χ2v) is 10.1. The molecular weight excluding hydrogens is 542 g/mol. The average molecular weight is 576 g/mol. The third-order valence-corrected chi connectivity index (χ3v) is 6.86. The van der Waals surface area contributed by atoms with Gasteiger partial charge in [-0.15, -0.1) is 0 Å². The molecule has 0 N–H and O–H groups in total. The van der Waals surface area contributed by atoms with Crippen molar-refractivity contribution >= 4 is 17.1 Å². The molecule has 0 saturated heterocycles. The van der Waals surface area contributed by atoms with Crippen molar-refractivity contribution in [1.29, 1.82) is 0 Å². The van der Waals surface area contributed by atoms with Crippen LogP contribution in [0.1, 0.15) is 34.0 Å². The van der Waals surface area contributed by atoms with E-state index in [4.69, 9.17) is 27.5 Å². The van der Waals surface area contributed by atoms with Crippen LogP contribution in [0.3, 0.4) is 0 Å². The van der Waals surface area contributed by atoms with E-state index < -0.39 is 0 Å². The van der Waals surface area contributed by atoms with Gasteiger partial charge in [-0.25, -0.2) is 0 Å². The summed E-state index contributed by atoms with van der Waals surface area (Å²) in [4.78, 5) is 2.23. The maximum atomic E-state index is 5.83. The van der Waals surface area contributed by atoms with Crippen molar-refractivity contribution in [2.75, 3.05) is 4.90 Å². The van der Waals surface area contributed by atoms with Crippen LogP contribution < -0.4 is 4.90 Å². The predicted octanol–water partition coefficient (Wildman–Crippen LogP) is 9.09. The largest absolute Gasteiger partial charge is 0.467 e. The number of nitrogens with zero attached hydrogens (tertiary/aromatic N) is 1. The summed E-state index contributed by atoms with van der Waals surface area (Å²) < 4.78 is 33.6.